The first kappa shape index (κ1) is 17.5. The maximum atomic E-state index is 13.0. The van der Waals surface area contributed by atoms with E-state index in [9.17, 15) is 14.4 Å². The second-order valence-electron chi connectivity index (χ2n) is 6.94. The number of hydrogen-bond acceptors (Lipinski definition) is 5. The van der Waals surface area contributed by atoms with E-state index in [-0.39, 0.29) is 11.5 Å². The van der Waals surface area contributed by atoms with Gasteiger partial charge in [0.2, 0.25) is 0 Å². The monoisotopic (exact) mass is 370 g/mol. The lowest BCUT2D eigenvalue weighted by atomic mass is 9.99. The van der Waals surface area contributed by atoms with E-state index in [0.717, 1.165) is 11.0 Å². The predicted octanol–water partition coefficient (Wildman–Crippen LogP) is -0.136. The number of carbonyl (C=O) groups is 1. The van der Waals surface area contributed by atoms with Crippen molar-refractivity contribution in [2.75, 3.05) is 31.1 Å². The zero-order valence-electron chi connectivity index (χ0n) is 15.2. The molecule has 4 rings (SSSR count). The second kappa shape index (κ2) is 7.03. The van der Waals surface area contributed by atoms with Crippen molar-refractivity contribution in [2.24, 2.45) is 7.05 Å². The summed E-state index contributed by atoms with van der Waals surface area (Å²) >= 11 is 0. The van der Waals surface area contributed by atoms with Crippen LogP contribution in [0.5, 0.6) is 0 Å². The number of aromatic amines is 1. The molecule has 1 amide bonds. The van der Waals surface area contributed by atoms with Crippen LogP contribution in [-0.2, 0) is 29.5 Å². The van der Waals surface area contributed by atoms with Gasteiger partial charge in [-0.15, -0.1) is 0 Å². The van der Waals surface area contributed by atoms with Crippen LogP contribution < -0.4 is 16.1 Å². The van der Waals surface area contributed by atoms with Crippen molar-refractivity contribution in [3.8, 4) is 0 Å². The largest absolute Gasteiger partial charge is 0.365 e. The Balaban J connectivity index is 1.49. The fourth-order valence-electron chi connectivity index (χ4n) is 3.62. The highest BCUT2D eigenvalue weighted by Crippen LogP contribution is 2.21. The molecule has 1 saturated heterocycles. The Hall–Kier alpha value is -2.87. The maximum absolute atomic E-state index is 13.0. The van der Waals surface area contributed by atoms with Gasteiger partial charge in [0, 0.05) is 32.7 Å². The normalized spacial score (nSPS) is 19.7. The molecule has 8 heteroatoms. The number of morpholine rings is 1. The first-order valence-electron chi connectivity index (χ1n) is 9.05. The van der Waals surface area contributed by atoms with Crippen molar-refractivity contribution in [2.45, 2.75) is 19.1 Å². The van der Waals surface area contributed by atoms with Gasteiger partial charge in [-0.2, -0.15) is 0 Å². The number of benzene rings is 1. The predicted molar refractivity (Wildman–Crippen MR) is 99.8 cm³/mol. The molecule has 8 nitrogen and oxygen atoms in total. The number of rotatable bonds is 2. The van der Waals surface area contributed by atoms with E-state index >= 15 is 0 Å². The third-order valence-corrected chi connectivity index (χ3v) is 5.26. The Morgan fingerprint density at radius 3 is 2.74 bits per heavy atom. The molecule has 2 aromatic rings. The Morgan fingerprint density at radius 1 is 1.19 bits per heavy atom. The number of anilines is 1. The summed E-state index contributed by atoms with van der Waals surface area (Å²) in [6.07, 6.45) is 0.219. The van der Waals surface area contributed by atoms with Crippen molar-refractivity contribution < 1.29 is 9.53 Å². The summed E-state index contributed by atoms with van der Waals surface area (Å²) in [6.45, 7) is 2.42. The topological polar surface area (TPSA) is 87.6 Å². The number of carbonyl (C=O) groups excluding carboxylic acids is 1. The van der Waals surface area contributed by atoms with Gasteiger partial charge in [-0.1, -0.05) is 24.3 Å². The van der Waals surface area contributed by atoms with Crippen molar-refractivity contribution in [1.82, 2.24) is 14.5 Å². The number of amides is 1. The molecule has 1 atom stereocenters. The number of aromatic nitrogens is 2. The molecule has 1 aromatic heterocycles. The van der Waals surface area contributed by atoms with Gasteiger partial charge < -0.3 is 14.5 Å². The first-order chi connectivity index (χ1) is 13.0. The molecular weight excluding hydrogens is 348 g/mol. The fraction of sp³-hybridized carbons (Fsp3) is 0.421. The van der Waals surface area contributed by atoms with Gasteiger partial charge in [-0.25, -0.2) is 4.79 Å². The SMILES string of the molecule is Cn1c(=O)cc(N2CCOC(C(=O)N3CCc4ccccc4C3)C2)[nH]c1=O. The Labute approximate surface area is 156 Å². The van der Waals surface area contributed by atoms with Crippen LogP contribution in [0.15, 0.2) is 39.9 Å². The summed E-state index contributed by atoms with van der Waals surface area (Å²) in [5.74, 6) is 0.369. The van der Waals surface area contributed by atoms with E-state index in [4.69, 9.17) is 4.74 Å². The number of fused-ring (bicyclic) bond motifs is 1. The highest BCUT2D eigenvalue weighted by molar-refractivity contribution is 5.82. The van der Waals surface area contributed by atoms with Crippen LogP contribution in [0.3, 0.4) is 0 Å². The lowest BCUT2D eigenvalue weighted by Gasteiger charge is -2.37. The van der Waals surface area contributed by atoms with Crippen molar-refractivity contribution in [3.05, 3.63) is 62.3 Å². The average Bonchev–Trinajstić information content (AvgIpc) is 2.70. The van der Waals surface area contributed by atoms with E-state index in [1.165, 1.54) is 24.2 Å². The van der Waals surface area contributed by atoms with Gasteiger partial charge in [0.15, 0.2) is 6.10 Å². The van der Waals surface area contributed by atoms with Gasteiger partial charge >= 0.3 is 5.69 Å². The van der Waals surface area contributed by atoms with Gasteiger partial charge in [-0.3, -0.25) is 19.1 Å². The molecule has 0 radical (unpaired) electrons. The minimum Gasteiger partial charge on any atom is -0.365 e. The summed E-state index contributed by atoms with van der Waals surface area (Å²) in [5.41, 5.74) is 1.60. The van der Waals surface area contributed by atoms with Gasteiger partial charge in [-0.05, 0) is 17.5 Å². The molecule has 27 heavy (non-hydrogen) atoms. The molecule has 142 valence electrons. The summed E-state index contributed by atoms with van der Waals surface area (Å²) in [7, 11) is 1.42. The lowest BCUT2D eigenvalue weighted by molar-refractivity contribution is -0.145. The molecule has 2 aliphatic rings. The van der Waals surface area contributed by atoms with Crippen LogP contribution in [-0.4, -0.2) is 52.7 Å². The van der Waals surface area contributed by atoms with E-state index in [0.29, 0.717) is 38.6 Å². The lowest BCUT2D eigenvalue weighted by Crippen LogP contribution is -2.52. The summed E-state index contributed by atoms with van der Waals surface area (Å²) in [4.78, 5) is 43.1. The minimum absolute atomic E-state index is 0.0552. The number of H-pyrrole nitrogens is 1. The van der Waals surface area contributed by atoms with Crippen LogP contribution >= 0.6 is 0 Å². The number of nitrogens with one attached hydrogen (secondary N) is 1. The molecular formula is C19H22N4O4. The van der Waals surface area contributed by atoms with Crippen LogP contribution in [0.4, 0.5) is 5.82 Å². The highest BCUT2D eigenvalue weighted by atomic mass is 16.5. The van der Waals surface area contributed by atoms with E-state index in [1.807, 2.05) is 28.0 Å². The number of hydrogen-bond donors (Lipinski definition) is 1. The second-order valence-corrected chi connectivity index (χ2v) is 6.94. The van der Waals surface area contributed by atoms with E-state index in [2.05, 4.69) is 11.1 Å². The van der Waals surface area contributed by atoms with Crippen molar-refractivity contribution in [1.29, 1.82) is 0 Å². The molecule has 1 N–H and O–H groups in total. The summed E-state index contributed by atoms with van der Waals surface area (Å²) in [6, 6.07) is 9.53. The third kappa shape index (κ3) is 3.40. The zero-order chi connectivity index (χ0) is 19.0. The molecule has 0 bridgehead atoms. The molecule has 0 spiro atoms. The van der Waals surface area contributed by atoms with E-state index < -0.39 is 11.8 Å². The molecule has 0 aliphatic carbocycles. The molecule has 1 fully saturated rings. The quantitative estimate of drug-likeness (QED) is 0.795. The molecule has 1 aromatic carbocycles. The minimum atomic E-state index is -0.614. The highest BCUT2D eigenvalue weighted by Gasteiger charge is 2.32. The first-order valence-corrected chi connectivity index (χ1v) is 9.05. The van der Waals surface area contributed by atoms with Gasteiger partial charge in [0.25, 0.3) is 11.5 Å². The molecule has 3 heterocycles. The van der Waals surface area contributed by atoms with Crippen LogP contribution in [0, 0.1) is 0 Å². The van der Waals surface area contributed by atoms with Crippen molar-refractivity contribution >= 4 is 11.7 Å². The van der Waals surface area contributed by atoms with Crippen LogP contribution in [0.2, 0.25) is 0 Å². The maximum Gasteiger partial charge on any atom is 0.329 e. The molecule has 2 aliphatic heterocycles. The molecule has 0 saturated carbocycles. The fourth-order valence-corrected chi connectivity index (χ4v) is 3.62. The summed E-state index contributed by atoms with van der Waals surface area (Å²) in [5, 5.41) is 0. The van der Waals surface area contributed by atoms with Gasteiger partial charge in [0.1, 0.15) is 5.82 Å². The van der Waals surface area contributed by atoms with Crippen LogP contribution in [0.25, 0.3) is 0 Å². The smallest absolute Gasteiger partial charge is 0.329 e. The zero-order valence-corrected chi connectivity index (χ0v) is 15.2. The Bertz CT molecular complexity index is 949. The number of ether oxygens (including phenoxy) is 1. The average molecular weight is 370 g/mol. The van der Waals surface area contributed by atoms with Crippen molar-refractivity contribution in [3.63, 3.8) is 0 Å². The standard InChI is InChI=1S/C19H22N4O4/c1-21-17(24)10-16(20-19(21)26)22-8-9-27-15(12-22)18(25)23-7-6-13-4-2-3-5-14(13)11-23/h2-5,10,15H,6-9,11-12H2,1H3,(H,20,26). The van der Waals surface area contributed by atoms with E-state index in [1.54, 1.807) is 0 Å². The van der Waals surface area contributed by atoms with Crippen LogP contribution in [0.1, 0.15) is 11.1 Å². The number of nitrogens with zero attached hydrogens (tertiary/aromatic N) is 3. The molecule has 1 unspecified atom stereocenters. The van der Waals surface area contributed by atoms with Gasteiger partial charge in [0.05, 0.1) is 13.2 Å². The Morgan fingerprint density at radius 2 is 1.96 bits per heavy atom. The third-order valence-electron chi connectivity index (χ3n) is 5.26. The Kier molecular flexibility index (Phi) is 4.57. The summed E-state index contributed by atoms with van der Waals surface area (Å²) < 4.78 is 6.72.